The van der Waals surface area contributed by atoms with Crippen molar-refractivity contribution in [2.24, 2.45) is 0 Å². The molecule has 0 bridgehead atoms. The number of nitrogens with two attached hydrogens (primary N) is 2. The van der Waals surface area contributed by atoms with E-state index in [-0.39, 0.29) is 34.1 Å². The molecular formula is C20H23F2N10O7PS. The molecule has 17 nitrogen and oxygen atoms in total. The van der Waals surface area contributed by atoms with E-state index in [1.807, 2.05) is 0 Å². The number of rotatable bonds is 7. The van der Waals surface area contributed by atoms with Crippen LogP contribution >= 0.6 is 18.8 Å². The highest BCUT2D eigenvalue weighted by Gasteiger charge is 2.56. The van der Waals surface area contributed by atoms with Crippen molar-refractivity contribution in [3.63, 3.8) is 0 Å². The van der Waals surface area contributed by atoms with Crippen molar-refractivity contribution in [2.45, 2.75) is 48.8 Å². The number of nitrogens with one attached hydrogen (secondary N) is 1. The second-order valence-electron chi connectivity index (χ2n) is 9.40. The van der Waals surface area contributed by atoms with Gasteiger partial charge in [0.1, 0.15) is 42.0 Å². The monoisotopic (exact) mass is 616 g/mol. The second-order valence-corrected chi connectivity index (χ2v) is 13.1. The summed E-state index contributed by atoms with van der Waals surface area (Å²) in [6.45, 7) is -5.80. The standard InChI is InChI=1S/C20H23F2N10O7PS/c21-8-6(1-33)38-19(32-5-28-11-16(32)29-20(24)30-17(11)35)13(8)40(36,41)37-2-7-12(34)9(22)18(39-7)31-4-27-10-14(23)25-3-26-15(10)31/h3-9,12-13,18-19,33-34H,1-2H2,(H,36,41)(H2,23,25,26)(H3,24,29,30,35)/t6-,7-,8-,9+,12-,13-,18-,19-,40-/m1/s1. The van der Waals surface area contributed by atoms with Crippen LogP contribution in [0.2, 0.25) is 0 Å². The maximum atomic E-state index is 15.5. The lowest BCUT2D eigenvalue weighted by Crippen LogP contribution is -2.33. The molecule has 0 saturated carbocycles. The van der Waals surface area contributed by atoms with E-state index in [0.29, 0.717) is 0 Å². The van der Waals surface area contributed by atoms with Crippen LogP contribution in [-0.4, -0.2) is 98.8 Å². The average molecular weight is 617 g/mol. The lowest BCUT2D eigenvalue weighted by atomic mass is 10.1. The van der Waals surface area contributed by atoms with Crippen molar-refractivity contribution in [3.05, 3.63) is 29.3 Å². The first kappa shape index (κ1) is 27.9. The molecule has 0 radical (unpaired) electrons. The van der Waals surface area contributed by atoms with Gasteiger partial charge in [-0.2, -0.15) is 4.98 Å². The van der Waals surface area contributed by atoms with E-state index in [0.717, 1.165) is 17.2 Å². The number of anilines is 2. The zero-order chi connectivity index (χ0) is 29.2. The number of halogens is 2. The molecule has 6 rings (SSSR count). The lowest BCUT2D eigenvalue weighted by Gasteiger charge is -2.27. The van der Waals surface area contributed by atoms with Gasteiger partial charge in [0, 0.05) is 0 Å². The number of thiol groups is 1. The summed E-state index contributed by atoms with van der Waals surface area (Å²) in [5.41, 5.74) is 9.17. The molecule has 220 valence electrons. The Morgan fingerprint density at radius 2 is 1.73 bits per heavy atom. The van der Waals surface area contributed by atoms with Gasteiger partial charge in [0.2, 0.25) is 5.95 Å². The number of aromatic nitrogens is 8. The Bertz CT molecular complexity index is 1720. The summed E-state index contributed by atoms with van der Waals surface area (Å²) >= 11 is 4.12. The van der Waals surface area contributed by atoms with Crippen molar-refractivity contribution in [1.82, 2.24) is 39.0 Å². The first-order valence-corrected chi connectivity index (χ1v) is 14.9. The van der Waals surface area contributed by atoms with Crippen LogP contribution < -0.4 is 17.0 Å². The third-order valence-corrected chi connectivity index (χ3v) is 9.91. The first-order chi connectivity index (χ1) is 19.5. The highest BCUT2D eigenvalue weighted by molar-refractivity contribution is 8.46. The maximum absolute atomic E-state index is 15.5. The average Bonchev–Trinajstić information content (AvgIpc) is 3.68. The second kappa shape index (κ2) is 10.2. The van der Waals surface area contributed by atoms with Crippen LogP contribution in [0.5, 0.6) is 0 Å². The first-order valence-electron chi connectivity index (χ1n) is 12.0. The number of hydrogen-bond donors (Lipinski definition) is 6. The fourth-order valence-corrected chi connectivity index (χ4v) is 7.49. The molecule has 7 N–H and O–H groups in total. The van der Waals surface area contributed by atoms with Crippen LogP contribution in [0.15, 0.2) is 23.8 Å². The van der Waals surface area contributed by atoms with E-state index >= 15 is 8.78 Å². The zero-order valence-corrected chi connectivity index (χ0v) is 22.4. The molecule has 2 aliphatic heterocycles. The molecule has 2 saturated heterocycles. The molecule has 0 unspecified atom stereocenters. The Hall–Kier alpha value is -3.26. The van der Waals surface area contributed by atoms with Gasteiger partial charge in [-0.25, -0.2) is 28.7 Å². The fourth-order valence-electron chi connectivity index (χ4n) is 4.94. The minimum Gasteiger partial charge on any atom is -0.394 e. The molecule has 6 heterocycles. The minimum atomic E-state index is -4.35. The van der Waals surface area contributed by atoms with E-state index in [1.54, 1.807) is 0 Å². The number of ether oxygens (including phenoxy) is 2. The number of hydrogen-bond acceptors (Lipinski definition) is 14. The highest BCUT2D eigenvalue weighted by Crippen LogP contribution is 2.64. The highest BCUT2D eigenvalue weighted by atomic mass is 32.7. The van der Waals surface area contributed by atoms with Crippen LogP contribution in [0.25, 0.3) is 22.3 Å². The van der Waals surface area contributed by atoms with E-state index in [9.17, 15) is 19.6 Å². The Morgan fingerprint density at radius 3 is 2.46 bits per heavy atom. The van der Waals surface area contributed by atoms with Gasteiger partial charge in [-0.05, 0) is 0 Å². The molecular weight excluding hydrogens is 593 g/mol. The van der Waals surface area contributed by atoms with Crippen molar-refractivity contribution >= 4 is 52.9 Å². The van der Waals surface area contributed by atoms with Gasteiger partial charge in [-0.3, -0.25) is 23.5 Å². The van der Waals surface area contributed by atoms with Crippen LogP contribution in [0.1, 0.15) is 12.5 Å². The predicted octanol–water partition coefficient (Wildman–Crippen LogP) is -0.544. The molecule has 41 heavy (non-hydrogen) atoms. The van der Waals surface area contributed by atoms with Gasteiger partial charge in [0.15, 0.2) is 41.3 Å². The predicted molar refractivity (Wildman–Crippen MR) is 139 cm³/mol. The number of aliphatic hydroxyl groups is 2. The number of nitrogens with zero attached hydrogens (tertiary/aromatic N) is 7. The largest absolute Gasteiger partial charge is 0.394 e. The fraction of sp³-hybridized carbons (Fsp3) is 0.500. The number of fused-ring (bicyclic) bond motifs is 2. The van der Waals surface area contributed by atoms with Gasteiger partial charge in [-0.15, -0.1) is 0 Å². The van der Waals surface area contributed by atoms with E-state index < -0.39 is 74.1 Å². The SMILES string of the molecule is Nc1nc2c(ncn2[C@@H]2O[C@H](CO)[C@@H](F)[C@H]2[P@](=O)(S)OC[C@H]2O[C@@H](n3cnc4c(N)ncnc43)[C@@H](F)[C@@H]2O)c(=O)[nH]1. The van der Waals surface area contributed by atoms with Crippen molar-refractivity contribution in [1.29, 1.82) is 0 Å². The quantitative estimate of drug-likeness (QED) is 0.113. The van der Waals surface area contributed by atoms with Crippen molar-refractivity contribution in [3.8, 4) is 0 Å². The summed E-state index contributed by atoms with van der Waals surface area (Å²) in [6.07, 6.45) is -7.98. The Balaban J connectivity index is 1.25. The van der Waals surface area contributed by atoms with Gasteiger partial charge >= 0.3 is 0 Å². The third-order valence-electron chi connectivity index (χ3n) is 6.95. The summed E-state index contributed by atoms with van der Waals surface area (Å²) < 4.78 is 63.5. The molecule has 0 amide bonds. The third kappa shape index (κ3) is 4.55. The van der Waals surface area contributed by atoms with E-state index in [2.05, 4.69) is 42.2 Å². The Kier molecular flexibility index (Phi) is 6.96. The van der Waals surface area contributed by atoms with Gasteiger partial charge in [0.25, 0.3) is 12.1 Å². The summed E-state index contributed by atoms with van der Waals surface area (Å²) in [5, 5.41) is 20.2. The van der Waals surface area contributed by atoms with Crippen LogP contribution in [-0.2, 0) is 18.6 Å². The summed E-state index contributed by atoms with van der Waals surface area (Å²) in [6, 6.07) is 0. The van der Waals surface area contributed by atoms with E-state index in [1.165, 1.54) is 10.9 Å². The Morgan fingerprint density at radius 1 is 1.05 bits per heavy atom. The molecule has 0 spiro atoms. The number of aliphatic hydroxyl groups excluding tert-OH is 2. The van der Waals surface area contributed by atoms with Crippen LogP contribution in [0.4, 0.5) is 20.5 Å². The van der Waals surface area contributed by atoms with Gasteiger partial charge in [0.05, 0.1) is 25.9 Å². The zero-order valence-electron chi connectivity index (χ0n) is 20.6. The van der Waals surface area contributed by atoms with Gasteiger partial charge < -0.3 is 35.7 Å². The van der Waals surface area contributed by atoms with Crippen molar-refractivity contribution in [2.75, 3.05) is 24.7 Å². The topological polar surface area (TPSA) is 244 Å². The summed E-state index contributed by atoms with van der Waals surface area (Å²) in [4.78, 5) is 34.3. The number of imidazole rings is 2. The maximum Gasteiger partial charge on any atom is 0.280 e. The normalized spacial score (nSPS) is 31.7. The van der Waals surface area contributed by atoms with Crippen LogP contribution in [0, 0.1) is 0 Å². The molecule has 0 aliphatic carbocycles. The van der Waals surface area contributed by atoms with Crippen LogP contribution in [0.3, 0.4) is 0 Å². The molecule has 4 aromatic heterocycles. The molecule has 9 atom stereocenters. The smallest absolute Gasteiger partial charge is 0.280 e. The molecule has 21 heteroatoms. The van der Waals surface area contributed by atoms with E-state index in [4.69, 9.17) is 25.5 Å². The molecule has 2 aliphatic rings. The Labute approximate surface area is 232 Å². The van der Waals surface area contributed by atoms with Gasteiger partial charge in [-0.1, -0.05) is 12.2 Å². The lowest BCUT2D eigenvalue weighted by molar-refractivity contribution is -0.0416. The molecule has 4 aromatic rings. The number of alkyl halides is 2. The molecule has 2 fully saturated rings. The number of nitrogen functional groups attached to an aromatic ring is 2. The summed E-state index contributed by atoms with van der Waals surface area (Å²) in [7, 11) is 0. The minimum absolute atomic E-state index is 0.0575. The number of H-pyrrole nitrogens is 1. The van der Waals surface area contributed by atoms with Crippen molar-refractivity contribution < 1.29 is 37.6 Å². The summed E-state index contributed by atoms with van der Waals surface area (Å²) in [5.74, 6) is -0.204. The molecule has 0 aromatic carbocycles. The number of aromatic amines is 1.